The summed E-state index contributed by atoms with van der Waals surface area (Å²) < 4.78 is 6.55. The van der Waals surface area contributed by atoms with Gasteiger partial charge < -0.3 is 14.5 Å². The summed E-state index contributed by atoms with van der Waals surface area (Å²) in [6, 6.07) is 17.3. The molecule has 7 nitrogen and oxygen atoms in total. The number of nitrogens with zero attached hydrogens (tertiary/aromatic N) is 3. The fourth-order valence-corrected chi connectivity index (χ4v) is 5.32. The SMILES string of the molecule is O=C(c1cccc(-c2cn[nH]c2)c1)N1CC[C@@]23O[C@@H](c4ccccc4)CN2C(=O)C[C@@H]13. The van der Waals surface area contributed by atoms with Gasteiger partial charge in [0.15, 0.2) is 5.72 Å². The standard InChI is InChI=1S/C24H22N4O3/c29-22-12-21-24(28(22)15-20(31-24)16-5-2-1-3-6-16)9-10-27(21)23(30)18-8-4-7-17(11-18)19-13-25-26-14-19/h1-8,11,13-14,20-21H,9-10,12,15H2,(H,25,26)/t20-,21-,24+/m1/s1. The van der Waals surface area contributed by atoms with Crippen LogP contribution in [0.2, 0.25) is 0 Å². The molecular weight excluding hydrogens is 392 g/mol. The Morgan fingerprint density at radius 1 is 1.13 bits per heavy atom. The average Bonchev–Trinajstić information content (AvgIpc) is 3.57. The van der Waals surface area contributed by atoms with Gasteiger partial charge in [0.25, 0.3) is 5.91 Å². The van der Waals surface area contributed by atoms with Crippen molar-refractivity contribution in [1.82, 2.24) is 20.0 Å². The van der Waals surface area contributed by atoms with Crippen LogP contribution in [0.3, 0.4) is 0 Å². The number of rotatable bonds is 3. The van der Waals surface area contributed by atoms with E-state index in [9.17, 15) is 9.59 Å². The van der Waals surface area contributed by atoms with Crippen LogP contribution in [0.5, 0.6) is 0 Å². The van der Waals surface area contributed by atoms with Crippen LogP contribution in [0.1, 0.15) is 34.9 Å². The molecule has 3 aromatic rings. The lowest BCUT2D eigenvalue weighted by Crippen LogP contribution is -2.48. The first-order chi connectivity index (χ1) is 15.2. The molecule has 7 heteroatoms. The van der Waals surface area contributed by atoms with Crippen molar-refractivity contribution in [2.45, 2.75) is 30.7 Å². The molecule has 0 saturated carbocycles. The number of carbonyl (C=O) groups excluding carboxylic acids is 2. The van der Waals surface area contributed by atoms with Crippen molar-refractivity contribution in [2.75, 3.05) is 13.1 Å². The lowest BCUT2D eigenvalue weighted by Gasteiger charge is -2.32. The Bertz CT molecular complexity index is 1150. The smallest absolute Gasteiger partial charge is 0.254 e. The van der Waals surface area contributed by atoms with Gasteiger partial charge in [-0.3, -0.25) is 14.7 Å². The van der Waals surface area contributed by atoms with Crippen LogP contribution in [-0.4, -0.2) is 56.7 Å². The molecular formula is C24H22N4O3. The maximum Gasteiger partial charge on any atom is 0.254 e. The zero-order valence-corrected chi connectivity index (χ0v) is 16.9. The Labute approximate surface area is 179 Å². The highest BCUT2D eigenvalue weighted by atomic mass is 16.5. The van der Waals surface area contributed by atoms with E-state index in [1.807, 2.05) is 64.4 Å². The van der Waals surface area contributed by atoms with E-state index in [1.54, 1.807) is 12.4 Å². The van der Waals surface area contributed by atoms with Crippen LogP contribution in [-0.2, 0) is 9.53 Å². The van der Waals surface area contributed by atoms with Gasteiger partial charge in [-0.15, -0.1) is 0 Å². The van der Waals surface area contributed by atoms with E-state index in [1.165, 1.54) is 0 Å². The summed E-state index contributed by atoms with van der Waals surface area (Å²) in [5.41, 5.74) is 2.82. The number of aromatic nitrogens is 2. The van der Waals surface area contributed by atoms with E-state index in [0.717, 1.165) is 16.7 Å². The molecule has 3 fully saturated rings. The Kier molecular flexibility index (Phi) is 4.01. The first-order valence-corrected chi connectivity index (χ1v) is 10.6. The Morgan fingerprint density at radius 2 is 2.00 bits per heavy atom. The van der Waals surface area contributed by atoms with Crippen molar-refractivity contribution in [3.8, 4) is 11.1 Å². The summed E-state index contributed by atoms with van der Waals surface area (Å²) in [7, 11) is 0. The summed E-state index contributed by atoms with van der Waals surface area (Å²) in [6.07, 6.45) is 4.33. The second-order valence-corrected chi connectivity index (χ2v) is 8.40. The lowest BCUT2D eigenvalue weighted by atomic mass is 10.0. The highest BCUT2D eigenvalue weighted by molar-refractivity contribution is 5.97. The molecule has 0 radical (unpaired) electrons. The first kappa shape index (κ1) is 18.3. The molecule has 4 heterocycles. The molecule has 0 unspecified atom stereocenters. The molecule has 1 N–H and O–H groups in total. The summed E-state index contributed by atoms with van der Waals surface area (Å²) in [4.78, 5) is 30.0. The molecule has 156 valence electrons. The van der Waals surface area contributed by atoms with Crippen molar-refractivity contribution in [3.05, 3.63) is 78.1 Å². The van der Waals surface area contributed by atoms with Gasteiger partial charge in [0.1, 0.15) is 6.10 Å². The number of nitrogens with one attached hydrogen (secondary N) is 1. The van der Waals surface area contributed by atoms with Gasteiger partial charge in [-0.25, -0.2) is 0 Å². The lowest BCUT2D eigenvalue weighted by molar-refractivity contribution is -0.138. The molecule has 1 spiro atoms. The van der Waals surface area contributed by atoms with Gasteiger partial charge in [-0.05, 0) is 23.3 Å². The second kappa shape index (κ2) is 6.78. The predicted molar refractivity (Wildman–Crippen MR) is 113 cm³/mol. The quantitative estimate of drug-likeness (QED) is 0.715. The molecule has 31 heavy (non-hydrogen) atoms. The van der Waals surface area contributed by atoms with Crippen molar-refractivity contribution < 1.29 is 14.3 Å². The Balaban J connectivity index is 1.29. The second-order valence-electron chi connectivity index (χ2n) is 8.40. The van der Waals surface area contributed by atoms with E-state index >= 15 is 0 Å². The van der Waals surface area contributed by atoms with Crippen molar-refractivity contribution >= 4 is 11.8 Å². The number of hydrogen-bond acceptors (Lipinski definition) is 4. The minimum Gasteiger partial charge on any atom is -0.343 e. The highest BCUT2D eigenvalue weighted by Gasteiger charge is 2.65. The normalized spacial score (nSPS) is 26.9. The molecule has 3 saturated heterocycles. The molecule has 2 amide bonds. The molecule has 1 aromatic heterocycles. The van der Waals surface area contributed by atoms with Crippen LogP contribution in [0.15, 0.2) is 67.0 Å². The number of H-pyrrole nitrogens is 1. The number of aromatic amines is 1. The number of likely N-dealkylation sites (tertiary alicyclic amines) is 1. The number of carbonyl (C=O) groups is 2. The van der Waals surface area contributed by atoms with E-state index < -0.39 is 5.72 Å². The van der Waals surface area contributed by atoms with Crippen molar-refractivity contribution in [3.63, 3.8) is 0 Å². The van der Waals surface area contributed by atoms with E-state index in [0.29, 0.717) is 31.5 Å². The van der Waals surface area contributed by atoms with Gasteiger partial charge >= 0.3 is 0 Å². The minimum absolute atomic E-state index is 0.0615. The zero-order valence-electron chi connectivity index (χ0n) is 16.9. The number of amides is 2. The van der Waals surface area contributed by atoms with Crippen LogP contribution in [0.4, 0.5) is 0 Å². The molecule has 0 bridgehead atoms. The summed E-state index contributed by atoms with van der Waals surface area (Å²) in [5.74, 6) is 0.00158. The van der Waals surface area contributed by atoms with Crippen LogP contribution < -0.4 is 0 Å². The fraction of sp³-hybridized carbons (Fsp3) is 0.292. The summed E-state index contributed by atoms with van der Waals surface area (Å²) in [6.45, 7) is 1.11. The number of benzene rings is 2. The Hall–Kier alpha value is -3.45. The molecule has 0 aliphatic carbocycles. The monoisotopic (exact) mass is 414 g/mol. The fourth-order valence-electron chi connectivity index (χ4n) is 5.32. The largest absolute Gasteiger partial charge is 0.343 e. The molecule has 3 aliphatic rings. The molecule has 2 aromatic carbocycles. The average molecular weight is 414 g/mol. The zero-order chi connectivity index (χ0) is 21.0. The third-order valence-corrected chi connectivity index (χ3v) is 6.80. The molecule has 3 aliphatic heterocycles. The van der Waals surface area contributed by atoms with E-state index in [-0.39, 0.29) is 24.0 Å². The van der Waals surface area contributed by atoms with E-state index in [4.69, 9.17) is 4.74 Å². The van der Waals surface area contributed by atoms with Gasteiger partial charge in [0.2, 0.25) is 5.91 Å². The van der Waals surface area contributed by atoms with Crippen molar-refractivity contribution in [2.24, 2.45) is 0 Å². The summed E-state index contributed by atoms with van der Waals surface area (Å²) >= 11 is 0. The maximum atomic E-state index is 13.5. The van der Waals surface area contributed by atoms with Gasteiger partial charge in [-0.2, -0.15) is 5.10 Å². The highest BCUT2D eigenvalue weighted by Crippen LogP contribution is 2.50. The van der Waals surface area contributed by atoms with Gasteiger partial charge in [-0.1, -0.05) is 42.5 Å². The van der Waals surface area contributed by atoms with Gasteiger partial charge in [0.05, 0.1) is 25.2 Å². The maximum absolute atomic E-state index is 13.5. The predicted octanol–water partition coefficient (Wildman–Crippen LogP) is 2.99. The number of ether oxygens (including phenoxy) is 1. The first-order valence-electron chi connectivity index (χ1n) is 10.6. The van der Waals surface area contributed by atoms with Gasteiger partial charge in [0, 0.05) is 30.3 Å². The topological polar surface area (TPSA) is 78.5 Å². The van der Waals surface area contributed by atoms with Crippen LogP contribution in [0.25, 0.3) is 11.1 Å². The minimum atomic E-state index is -0.713. The van der Waals surface area contributed by atoms with Crippen LogP contribution >= 0.6 is 0 Å². The van der Waals surface area contributed by atoms with E-state index in [2.05, 4.69) is 10.2 Å². The third kappa shape index (κ3) is 2.73. The summed E-state index contributed by atoms with van der Waals surface area (Å²) in [5, 5.41) is 6.79. The van der Waals surface area contributed by atoms with Crippen LogP contribution in [0, 0.1) is 0 Å². The molecule has 3 atom stereocenters. The van der Waals surface area contributed by atoms with Crippen molar-refractivity contribution in [1.29, 1.82) is 0 Å². The third-order valence-electron chi connectivity index (χ3n) is 6.80. The number of hydrogen-bond donors (Lipinski definition) is 1. The molecule has 6 rings (SSSR count). The Morgan fingerprint density at radius 3 is 2.81 bits per heavy atom.